The molecule has 0 aromatic carbocycles. The Morgan fingerprint density at radius 2 is 1.44 bits per heavy atom. The molecule has 1 aliphatic carbocycles. The van der Waals surface area contributed by atoms with Crippen LogP contribution >= 0.6 is 0 Å². The molecule has 0 unspecified atom stereocenters. The lowest BCUT2D eigenvalue weighted by atomic mass is 10.0. The molecular formula is C9H14. The standard InChI is InChI=1S/C9H14/c1-6-7-8(2,3)9(7,4)5/h1,7H,2-5H3. The monoisotopic (exact) mass is 122 g/mol. The van der Waals surface area contributed by atoms with Gasteiger partial charge in [-0.1, -0.05) is 27.7 Å². The molecule has 0 atom stereocenters. The van der Waals surface area contributed by atoms with Gasteiger partial charge in [-0.15, -0.1) is 12.3 Å². The van der Waals surface area contributed by atoms with Crippen molar-refractivity contribution in [1.29, 1.82) is 0 Å². The molecule has 0 nitrogen and oxygen atoms in total. The average Bonchev–Trinajstić information content (AvgIpc) is 2.00. The highest BCUT2D eigenvalue weighted by atomic mass is 14.7. The van der Waals surface area contributed by atoms with Crippen LogP contribution in [0.4, 0.5) is 0 Å². The van der Waals surface area contributed by atoms with Crippen molar-refractivity contribution >= 4 is 0 Å². The van der Waals surface area contributed by atoms with E-state index < -0.39 is 0 Å². The van der Waals surface area contributed by atoms with Crippen LogP contribution in [0.15, 0.2) is 0 Å². The van der Waals surface area contributed by atoms with Crippen LogP contribution in [0.25, 0.3) is 0 Å². The lowest BCUT2D eigenvalue weighted by Crippen LogP contribution is -1.95. The van der Waals surface area contributed by atoms with Crippen molar-refractivity contribution in [3.63, 3.8) is 0 Å². The number of hydrogen-bond donors (Lipinski definition) is 0. The van der Waals surface area contributed by atoms with Gasteiger partial charge in [0.1, 0.15) is 0 Å². The summed E-state index contributed by atoms with van der Waals surface area (Å²) >= 11 is 0. The molecule has 0 radical (unpaired) electrons. The third kappa shape index (κ3) is 0.553. The van der Waals surface area contributed by atoms with Gasteiger partial charge in [0.2, 0.25) is 0 Å². The minimum atomic E-state index is 0.377. The first-order valence-electron chi connectivity index (χ1n) is 3.40. The van der Waals surface area contributed by atoms with Crippen LogP contribution in [-0.2, 0) is 0 Å². The van der Waals surface area contributed by atoms with E-state index in [4.69, 9.17) is 6.42 Å². The highest BCUT2D eigenvalue weighted by Gasteiger charge is 2.63. The molecule has 1 saturated carbocycles. The van der Waals surface area contributed by atoms with Crippen molar-refractivity contribution in [2.24, 2.45) is 16.7 Å². The van der Waals surface area contributed by atoms with Crippen LogP contribution in [-0.4, -0.2) is 0 Å². The Morgan fingerprint density at radius 1 is 1.11 bits per heavy atom. The van der Waals surface area contributed by atoms with E-state index >= 15 is 0 Å². The van der Waals surface area contributed by atoms with Gasteiger partial charge in [0.15, 0.2) is 0 Å². The van der Waals surface area contributed by atoms with Crippen LogP contribution in [0.3, 0.4) is 0 Å². The highest BCUT2D eigenvalue weighted by molar-refractivity contribution is 5.23. The molecule has 0 aromatic heterocycles. The fourth-order valence-electron chi connectivity index (χ4n) is 1.61. The van der Waals surface area contributed by atoms with E-state index in [1.807, 2.05) is 0 Å². The summed E-state index contributed by atoms with van der Waals surface area (Å²) in [5, 5.41) is 0. The summed E-state index contributed by atoms with van der Waals surface area (Å²) in [5.41, 5.74) is 0.753. The maximum atomic E-state index is 5.34. The maximum Gasteiger partial charge on any atom is 0.0313 e. The van der Waals surface area contributed by atoms with Crippen LogP contribution < -0.4 is 0 Å². The smallest absolute Gasteiger partial charge is 0.0313 e. The summed E-state index contributed by atoms with van der Waals surface area (Å²) in [5.74, 6) is 3.31. The van der Waals surface area contributed by atoms with Gasteiger partial charge >= 0.3 is 0 Å². The van der Waals surface area contributed by atoms with E-state index in [0.29, 0.717) is 16.7 Å². The highest BCUT2D eigenvalue weighted by Crippen LogP contribution is 2.67. The summed E-state index contributed by atoms with van der Waals surface area (Å²) < 4.78 is 0. The number of rotatable bonds is 0. The zero-order valence-electron chi connectivity index (χ0n) is 6.65. The molecule has 50 valence electrons. The largest absolute Gasteiger partial charge is 0.120 e. The Balaban J connectivity index is 2.81. The first kappa shape index (κ1) is 6.68. The molecule has 0 heterocycles. The second-order valence-corrected chi connectivity index (χ2v) is 4.04. The van der Waals surface area contributed by atoms with Gasteiger partial charge in [-0.05, 0) is 10.8 Å². The molecule has 0 heteroatoms. The fourth-order valence-corrected chi connectivity index (χ4v) is 1.61. The molecule has 0 bridgehead atoms. The van der Waals surface area contributed by atoms with E-state index in [1.165, 1.54) is 0 Å². The van der Waals surface area contributed by atoms with E-state index in [0.717, 1.165) is 0 Å². The number of hydrogen-bond acceptors (Lipinski definition) is 0. The molecule has 0 spiro atoms. The first-order valence-corrected chi connectivity index (χ1v) is 3.40. The molecule has 0 N–H and O–H groups in total. The minimum absolute atomic E-state index is 0.377. The fraction of sp³-hybridized carbons (Fsp3) is 0.778. The molecule has 0 aliphatic heterocycles. The van der Waals surface area contributed by atoms with Gasteiger partial charge < -0.3 is 0 Å². The summed E-state index contributed by atoms with van der Waals surface area (Å²) in [6.45, 7) is 8.93. The molecule has 1 rings (SSSR count). The van der Waals surface area contributed by atoms with Crippen LogP contribution in [0, 0.1) is 29.1 Å². The SMILES string of the molecule is C#CC1C(C)(C)C1(C)C. The van der Waals surface area contributed by atoms with Gasteiger partial charge in [0, 0.05) is 5.92 Å². The van der Waals surface area contributed by atoms with Gasteiger partial charge in [-0.2, -0.15) is 0 Å². The van der Waals surface area contributed by atoms with E-state index in [2.05, 4.69) is 33.6 Å². The molecule has 9 heavy (non-hydrogen) atoms. The van der Waals surface area contributed by atoms with E-state index in [-0.39, 0.29) is 0 Å². The lowest BCUT2D eigenvalue weighted by molar-refractivity contribution is 0.457. The van der Waals surface area contributed by atoms with Crippen LogP contribution in [0.1, 0.15) is 27.7 Å². The van der Waals surface area contributed by atoms with Gasteiger partial charge in [0.05, 0.1) is 0 Å². The summed E-state index contributed by atoms with van der Waals surface area (Å²) in [6, 6.07) is 0. The maximum absolute atomic E-state index is 5.34. The first-order chi connectivity index (χ1) is 3.94. The van der Waals surface area contributed by atoms with Crippen molar-refractivity contribution in [1.82, 2.24) is 0 Å². The van der Waals surface area contributed by atoms with Crippen molar-refractivity contribution < 1.29 is 0 Å². The van der Waals surface area contributed by atoms with Gasteiger partial charge in [-0.3, -0.25) is 0 Å². The predicted octanol–water partition coefficient (Wildman–Crippen LogP) is 2.30. The van der Waals surface area contributed by atoms with E-state index in [9.17, 15) is 0 Å². The topological polar surface area (TPSA) is 0 Å². The predicted molar refractivity (Wildman–Crippen MR) is 39.9 cm³/mol. The van der Waals surface area contributed by atoms with Gasteiger partial charge in [-0.25, -0.2) is 0 Å². The Morgan fingerprint density at radius 3 is 1.44 bits per heavy atom. The minimum Gasteiger partial charge on any atom is -0.120 e. The summed E-state index contributed by atoms with van der Waals surface area (Å²) in [7, 11) is 0. The summed E-state index contributed by atoms with van der Waals surface area (Å²) in [6.07, 6.45) is 5.34. The quantitative estimate of drug-likeness (QED) is 0.432. The van der Waals surface area contributed by atoms with Crippen molar-refractivity contribution in [3.05, 3.63) is 0 Å². The van der Waals surface area contributed by atoms with Crippen molar-refractivity contribution in [3.8, 4) is 12.3 Å². The van der Waals surface area contributed by atoms with E-state index in [1.54, 1.807) is 0 Å². The Hall–Kier alpha value is -0.440. The average molecular weight is 122 g/mol. The zero-order valence-corrected chi connectivity index (χ0v) is 6.65. The molecule has 1 aliphatic rings. The molecule has 0 saturated heterocycles. The molecule has 1 fully saturated rings. The molecule has 0 amide bonds. The number of terminal acetylenes is 1. The molecular weight excluding hydrogens is 108 g/mol. The third-order valence-corrected chi connectivity index (χ3v) is 3.19. The van der Waals surface area contributed by atoms with Crippen LogP contribution in [0.2, 0.25) is 0 Å². The Bertz CT molecular complexity index is 153. The normalized spacial score (nSPS) is 29.2. The Labute approximate surface area is 57.7 Å². The molecule has 0 aromatic rings. The summed E-state index contributed by atoms with van der Waals surface area (Å²) in [4.78, 5) is 0. The lowest BCUT2D eigenvalue weighted by Gasteiger charge is -2.03. The second-order valence-electron chi connectivity index (χ2n) is 4.04. The Kier molecular flexibility index (Phi) is 0.997. The van der Waals surface area contributed by atoms with Crippen molar-refractivity contribution in [2.75, 3.05) is 0 Å². The third-order valence-electron chi connectivity index (χ3n) is 3.19. The van der Waals surface area contributed by atoms with Crippen molar-refractivity contribution in [2.45, 2.75) is 27.7 Å². The zero-order chi connectivity index (χ0) is 7.28. The van der Waals surface area contributed by atoms with Crippen LogP contribution in [0.5, 0.6) is 0 Å². The van der Waals surface area contributed by atoms with Gasteiger partial charge in [0.25, 0.3) is 0 Å². The second kappa shape index (κ2) is 1.34.